The highest BCUT2D eigenvalue weighted by Crippen LogP contribution is 2.17. The number of carbonyl (C=O) groups is 1. The number of halogens is 2. The number of guanidine groups is 1. The van der Waals surface area contributed by atoms with Crippen LogP contribution in [-0.4, -0.2) is 36.9 Å². The Hall–Kier alpha value is -1.61. The van der Waals surface area contributed by atoms with E-state index in [9.17, 15) is 4.79 Å². The maximum Gasteiger partial charge on any atom is 0.224 e. The first kappa shape index (κ1) is 23.4. The van der Waals surface area contributed by atoms with E-state index in [2.05, 4.69) is 38.4 Å². The molecule has 0 saturated heterocycles. The van der Waals surface area contributed by atoms with E-state index < -0.39 is 0 Å². The third kappa shape index (κ3) is 8.75. The van der Waals surface area contributed by atoms with Crippen molar-refractivity contribution < 1.29 is 4.79 Å². The second-order valence-electron chi connectivity index (χ2n) is 6.02. The molecule has 2 aromatic rings. The van der Waals surface area contributed by atoms with Crippen LogP contribution in [0.3, 0.4) is 0 Å². The van der Waals surface area contributed by atoms with Crippen molar-refractivity contribution in [2.24, 2.45) is 10.7 Å². The summed E-state index contributed by atoms with van der Waals surface area (Å²) < 4.78 is 1.00. The fraction of sp³-hybridized carbons (Fsp3) is 0.300. The van der Waals surface area contributed by atoms with Crippen molar-refractivity contribution in [1.29, 1.82) is 0 Å². The summed E-state index contributed by atoms with van der Waals surface area (Å²) in [5.74, 6) is 0.420. The minimum Gasteiger partial charge on any atom is -0.370 e. The lowest BCUT2D eigenvalue weighted by molar-refractivity contribution is -0.130. The van der Waals surface area contributed by atoms with Gasteiger partial charge >= 0.3 is 0 Å². The molecule has 0 heterocycles. The highest BCUT2D eigenvalue weighted by molar-refractivity contribution is 14.0. The van der Waals surface area contributed by atoms with Gasteiger partial charge in [0.25, 0.3) is 0 Å². The maximum absolute atomic E-state index is 12.2. The number of rotatable bonds is 8. The molecular formula is C20H26BrIN4O. The Kier molecular flexibility index (Phi) is 11.0. The Balaban J connectivity index is 0.00000364. The highest BCUT2D eigenvalue weighted by Gasteiger charge is 2.10. The first-order chi connectivity index (χ1) is 12.6. The lowest BCUT2D eigenvalue weighted by atomic mass is 10.1. The molecule has 7 heteroatoms. The number of hydrogen-bond acceptors (Lipinski definition) is 2. The van der Waals surface area contributed by atoms with Crippen LogP contribution in [0.15, 0.2) is 64.1 Å². The first-order valence-electron chi connectivity index (χ1n) is 8.61. The van der Waals surface area contributed by atoms with Gasteiger partial charge in [0.15, 0.2) is 5.96 Å². The zero-order valence-corrected chi connectivity index (χ0v) is 19.3. The van der Waals surface area contributed by atoms with Gasteiger partial charge in [-0.2, -0.15) is 0 Å². The van der Waals surface area contributed by atoms with Gasteiger partial charge in [-0.25, -0.2) is 0 Å². The summed E-state index contributed by atoms with van der Waals surface area (Å²) in [5, 5.41) is 3.08. The maximum atomic E-state index is 12.2. The van der Waals surface area contributed by atoms with Crippen LogP contribution in [0, 0.1) is 0 Å². The standard InChI is InChI=1S/C20H25BrN4O.HI/c1-25(15-17-9-5-6-10-18(17)21)19(26)12-14-24-20(22)23-13-11-16-7-3-2-4-8-16;/h2-10H,11-15H2,1H3,(H3,22,23,24);1H. The highest BCUT2D eigenvalue weighted by atomic mass is 127. The summed E-state index contributed by atoms with van der Waals surface area (Å²) in [5.41, 5.74) is 8.18. The lowest BCUT2D eigenvalue weighted by Gasteiger charge is -2.17. The summed E-state index contributed by atoms with van der Waals surface area (Å²) in [4.78, 5) is 18.2. The SMILES string of the molecule is CN(Cc1ccccc1Br)C(=O)CCN=C(N)NCCc1ccccc1.I. The Morgan fingerprint density at radius 2 is 1.81 bits per heavy atom. The molecule has 2 rings (SSSR count). The number of nitrogens with zero attached hydrogens (tertiary/aromatic N) is 2. The molecule has 27 heavy (non-hydrogen) atoms. The van der Waals surface area contributed by atoms with Crippen molar-refractivity contribution in [3.63, 3.8) is 0 Å². The molecule has 3 N–H and O–H groups in total. The van der Waals surface area contributed by atoms with Crippen molar-refractivity contribution in [2.75, 3.05) is 20.1 Å². The summed E-state index contributed by atoms with van der Waals surface area (Å²) in [7, 11) is 1.80. The summed E-state index contributed by atoms with van der Waals surface area (Å²) in [6, 6.07) is 18.1. The minimum atomic E-state index is 0. The van der Waals surface area contributed by atoms with Crippen LogP contribution in [0.4, 0.5) is 0 Å². The Bertz CT molecular complexity index is 740. The van der Waals surface area contributed by atoms with E-state index >= 15 is 0 Å². The van der Waals surface area contributed by atoms with E-state index in [1.807, 2.05) is 42.5 Å². The first-order valence-corrected chi connectivity index (χ1v) is 9.40. The van der Waals surface area contributed by atoms with Gasteiger partial charge in [0.05, 0.1) is 6.54 Å². The van der Waals surface area contributed by atoms with E-state index in [-0.39, 0.29) is 29.9 Å². The van der Waals surface area contributed by atoms with Crippen molar-refractivity contribution in [1.82, 2.24) is 10.2 Å². The average Bonchev–Trinajstić information content (AvgIpc) is 2.64. The van der Waals surface area contributed by atoms with Crippen LogP contribution in [0.25, 0.3) is 0 Å². The van der Waals surface area contributed by atoms with Gasteiger partial charge in [-0.1, -0.05) is 64.5 Å². The molecule has 5 nitrogen and oxygen atoms in total. The quantitative estimate of drug-likeness (QED) is 0.303. The van der Waals surface area contributed by atoms with Crippen LogP contribution in [0.1, 0.15) is 17.5 Å². The molecule has 0 atom stereocenters. The molecule has 0 aliphatic carbocycles. The van der Waals surface area contributed by atoms with Crippen molar-refractivity contribution in [3.05, 3.63) is 70.2 Å². The molecular weight excluding hydrogens is 519 g/mol. The topological polar surface area (TPSA) is 70.7 Å². The fourth-order valence-corrected chi connectivity index (χ4v) is 2.88. The number of carbonyl (C=O) groups excluding carboxylic acids is 1. The van der Waals surface area contributed by atoms with Crippen molar-refractivity contribution in [3.8, 4) is 0 Å². The molecule has 0 fully saturated rings. The molecule has 0 saturated carbocycles. The van der Waals surface area contributed by atoms with Crippen LogP contribution in [0.5, 0.6) is 0 Å². The van der Waals surface area contributed by atoms with Gasteiger partial charge in [-0.3, -0.25) is 9.79 Å². The Labute approximate surface area is 186 Å². The zero-order chi connectivity index (χ0) is 18.8. The third-order valence-corrected chi connectivity index (χ3v) is 4.74. The molecule has 146 valence electrons. The molecule has 0 bridgehead atoms. The van der Waals surface area contributed by atoms with Crippen LogP contribution < -0.4 is 11.1 Å². The molecule has 0 spiro atoms. The normalized spacial score (nSPS) is 10.8. The summed E-state index contributed by atoms with van der Waals surface area (Å²) in [6.07, 6.45) is 1.21. The average molecular weight is 545 g/mol. The Morgan fingerprint density at radius 1 is 1.15 bits per heavy atom. The Morgan fingerprint density at radius 3 is 2.52 bits per heavy atom. The second kappa shape index (κ2) is 12.7. The van der Waals surface area contributed by atoms with Gasteiger partial charge in [0.1, 0.15) is 0 Å². The van der Waals surface area contributed by atoms with E-state index in [0.29, 0.717) is 25.5 Å². The van der Waals surface area contributed by atoms with Crippen LogP contribution in [0.2, 0.25) is 0 Å². The monoisotopic (exact) mass is 544 g/mol. The smallest absolute Gasteiger partial charge is 0.224 e. The molecule has 1 amide bonds. The molecule has 0 radical (unpaired) electrons. The predicted octanol–water partition coefficient (Wildman–Crippen LogP) is 3.56. The van der Waals surface area contributed by atoms with E-state index in [0.717, 1.165) is 23.0 Å². The number of benzene rings is 2. The van der Waals surface area contributed by atoms with Crippen molar-refractivity contribution in [2.45, 2.75) is 19.4 Å². The van der Waals surface area contributed by atoms with Gasteiger partial charge < -0.3 is 16.0 Å². The second-order valence-corrected chi connectivity index (χ2v) is 6.87. The largest absolute Gasteiger partial charge is 0.370 e. The molecule has 0 aliphatic rings. The minimum absolute atomic E-state index is 0. The van der Waals surface area contributed by atoms with Gasteiger partial charge in [0.2, 0.25) is 5.91 Å². The number of amides is 1. The molecule has 2 aromatic carbocycles. The lowest BCUT2D eigenvalue weighted by Crippen LogP contribution is -2.34. The van der Waals surface area contributed by atoms with Crippen LogP contribution in [-0.2, 0) is 17.8 Å². The van der Waals surface area contributed by atoms with E-state index in [1.165, 1.54) is 5.56 Å². The number of aliphatic imine (C=N–C) groups is 1. The fourth-order valence-electron chi connectivity index (χ4n) is 2.47. The van der Waals surface area contributed by atoms with Gasteiger partial charge in [-0.15, -0.1) is 24.0 Å². The number of hydrogen-bond donors (Lipinski definition) is 2. The van der Waals surface area contributed by atoms with Gasteiger partial charge in [-0.05, 0) is 23.6 Å². The summed E-state index contributed by atoms with van der Waals surface area (Å²) >= 11 is 3.50. The van der Waals surface area contributed by atoms with Crippen molar-refractivity contribution >= 4 is 51.8 Å². The third-order valence-electron chi connectivity index (χ3n) is 3.96. The molecule has 0 aliphatic heterocycles. The molecule has 0 unspecified atom stereocenters. The molecule has 0 aromatic heterocycles. The van der Waals surface area contributed by atoms with Gasteiger partial charge in [0, 0.05) is 31.0 Å². The zero-order valence-electron chi connectivity index (χ0n) is 15.4. The van der Waals surface area contributed by atoms with E-state index in [4.69, 9.17) is 5.73 Å². The summed E-state index contributed by atoms with van der Waals surface area (Å²) in [6.45, 7) is 1.66. The van der Waals surface area contributed by atoms with Crippen LogP contribution >= 0.6 is 39.9 Å². The number of nitrogens with one attached hydrogen (secondary N) is 1. The van der Waals surface area contributed by atoms with E-state index in [1.54, 1.807) is 11.9 Å². The number of nitrogens with two attached hydrogens (primary N) is 1. The predicted molar refractivity (Wildman–Crippen MR) is 125 cm³/mol.